The van der Waals surface area contributed by atoms with Crippen LogP contribution in [0.3, 0.4) is 0 Å². The molecule has 0 saturated carbocycles. The molecule has 2 aromatic rings. The number of benzene rings is 1. The van der Waals surface area contributed by atoms with Gasteiger partial charge in [-0.3, -0.25) is 0 Å². The third-order valence-electron chi connectivity index (χ3n) is 2.27. The summed E-state index contributed by atoms with van der Waals surface area (Å²) in [7, 11) is 0. The molecule has 0 atom stereocenters. The third kappa shape index (κ3) is 1.66. The maximum Gasteiger partial charge on any atom is 0.0991 e. The maximum absolute atomic E-state index is 5.79. The summed E-state index contributed by atoms with van der Waals surface area (Å²) in [6.45, 7) is 2.07. The van der Waals surface area contributed by atoms with Crippen molar-refractivity contribution in [3.05, 3.63) is 48.0 Å². The second kappa shape index (κ2) is 3.84. The maximum atomic E-state index is 5.79. The van der Waals surface area contributed by atoms with E-state index in [0.29, 0.717) is 5.88 Å². The number of hydrogen-bond acceptors (Lipinski definition) is 1. The quantitative estimate of drug-likeness (QED) is 0.691. The lowest BCUT2D eigenvalue weighted by molar-refractivity contribution is 1.05. The molecule has 0 aliphatic heterocycles. The molecule has 0 spiro atoms. The van der Waals surface area contributed by atoms with Gasteiger partial charge in [-0.15, -0.1) is 11.6 Å². The average molecular weight is 207 g/mol. The molecular formula is C11H11ClN2. The van der Waals surface area contributed by atoms with E-state index in [2.05, 4.69) is 24.0 Å². The lowest BCUT2D eigenvalue weighted by Gasteiger charge is -2.06. The molecule has 14 heavy (non-hydrogen) atoms. The number of alkyl halides is 1. The fourth-order valence-corrected chi connectivity index (χ4v) is 1.70. The van der Waals surface area contributed by atoms with Crippen LogP contribution in [0.5, 0.6) is 0 Å². The minimum atomic E-state index is 0.566. The Bertz CT molecular complexity index is 421. The fourth-order valence-electron chi connectivity index (χ4n) is 1.40. The van der Waals surface area contributed by atoms with Gasteiger partial charge in [-0.2, -0.15) is 0 Å². The van der Waals surface area contributed by atoms with Crippen LogP contribution in [0.1, 0.15) is 11.1 Å². The molecule has 0 N–H and O–H groups in total. The van der Waals surface area contributed by atoms with Crippen LogP contribution in [0.2, 0.25) is 0 Å². The molecule has 2 rings (SSSR count). The van der Waals surface area contributed by atoms with E-state index >= 15 is 0 Å². The number of nitrogens with zero attached hydrogens (tertiary/aromatic N) is 2. The number of aromatic nitrogens is 2. The van der Waals surface area contributed by atoms with Crippen molar-refractivity contribution >= 4 is 11.6 Å². The van der Waals surface area contributed by atoms with E-state index in [9.17, 15) is 0 Å². The predicted molar refractivity (Wildman–Crippen MR) is 57.9 cm³/mol. The zero-order valence-electron chi connectivity index (χ0n) is 7.94. The Morgan fingerprint density at radius 2 is 2.29 bits per heavy atom. The lowest BCUT2D eigenvalue weighted by atomic mass is 10.1. The number of rotatable bonds is 2. The fraction of sp³-hybridized carbons (Fsp3) is 0.182. The molecule has 0 bridgehead atoms. The van der Waals surface area contributed by atoms with Crippen LogP contribution >= 0.6 is 11.6 Å². The predicted octanol–water partition coefficient (Wildman–Crippen LogP) is 2.92. The van der Waals surface area contributed by atoms with Crippen molar-refractivity contribution in [1.82, 2.24) is 9.55 Å². The van der Waals surface area contributed by atoms with Crippen molar-refractivity contribution < 1.29 is 0 Å². The van der Waals surface area contributed by atoms with Gasteiger partial charge in [-0.05, 0) is 30.2 Å². The summed E-state index contributed by atoms with van der Waals surface area (Å²) < 4.78 is 1.98. The summed E-state index contributed by atoms with van der Waals surface area (Å²) in [5.41, 5.74) is 3.51. The molecule has 0 aliphatic rings. The van der Waals surface area contributed by atoms with Crippen LogP contribution in [0.15, 0.2) is 36.9 Å². The van der Waals surface area contributed by atoms with Crippen molar-refractivity contribution in [3.63, 3.8) is 0 Å². The van der Waals surface area contributed by atoms with E-state index in [1.807, 2.05) is 16.8 Å². The lowest BCUT2D eigenvalue weighted by Crippen LogP contribution is -1.92. The first-order chi connectivity index (χ1) is 6.81. The third-order valence-corrected chi connectivity index (χ3v) is 2.56. The Morgan fingerprint density at radius 3 is 2.86 bits per heavy atom. The average Bonchev–Trinajstić information content (AvgIpc) is 2.70. The molecule has 3 heteroatoms. The van der Waals surface area contributed by atoms with E-state index in [1.165, 1.54) is 11.1 Å². The van der Waals surface area contributed by atoms with Gasteiger partial charge >= 0.3 is 0 Å². The number of aryl methyl sites for hydroxylation is 1. The topological polar surface area (TPSA) is 17.8 Å². The van der Waals surface area contributed by atoms with E-state index < -0.39 is 0 Å². The van der Waals surface area contributed by atoms with Crippen LogP contribution in [-0.2, 0) is 5.88 Å². The van der Waals surface area contributed by atoms with E-state index in [0.717, 1.165) is 5.69 Å². The van der Waals surface area contributed by atoms with Crippen molar-refractivity contribution in [3.8, 4) is 5.69 Å². The van der Waals surface area contributed by atoms with Crippen LogP contribution in [0.25, 0.3) is 5.69 Å². The van der Waals surface area contributed by atoms with Crippen LogP contribution in [-0.4, -0.2) is 9.55 Å². The van der Waals surface area contributed by atoms with Crippen LogP contribution in [0, 0.1) is 6.92 Å². The molecule has 72 valence electrons. The highest BCUT2D eigenvalue weighted by atomic mass is 35.5. The van der Waals surface area contributed by atoms with Crippen LogP contribution in [0.4, 0.5) is 0 Å². The van der Waals surface area contributed by atoms with Gasteiger partial charge in [0.15, 0.2) is 0 Å². The molecule has 2 nitrogen and oxygen atoms in total. The van der Waals surface area contributed by atoms with Crippen molar-refractivity contribution in [1.29, 1.82) is 0 Å². The molecule has 0 unspecified atom stereocenters. The first-order valence-electron chi connectivity index (χ1n) is 4.45. The Morgan fingerprint density at radius 1 is 1.43 bits per heavy atom. The molecule has 1 heterocycles. The van der Waals surface area contributed by atoms with Gasteiger partial charge in [-0.25, -0.2) is 4.98 Å². The Balaban J connectivity index is 2.43. The SMILES string of the molecule is Cc1cc(-n2ccnc2)ccc1CCl. The standard InChI is InChI=1S/C11H11ClN2/c1-9-6-11(3-2-10(9)7-12)14-5-4-13-8-14/h2-6,8H,7H2,1H3. The molecule has 0 radical (unpaired) electrons. The summed E-state index contributed by atoms with van der Waals surface area (Å²) in [6.07, 6.45) is 5.48. The van der Waals surface area contributed by atoms with Gasteiger partial charge in [0.25, 0.3) is 0 Å². The highest BCUT2D eigenvalue weighted by molar-refractivity contribution is 6.17. The van der Waals surface area contributed by atoms with E-state index in [1.54, 1.807) is 12.5 Å². The molecule has 0 aliphatic carbocycles. The molecular weight excluding hydrogens is 196 g/mol. The van der Waals surface area contributed by atoms with Crippen LogP contribution < -0.4 is 0 Å². The van der Waals surface area contributed by atoms with E-state index in [4.69, 9.17) is 11.6 Å². The number of imidazole rings is 1. The molecule has 1 aromatic carbocycles. The number of halogens is 1. The Labute approximate surface area is 88.2 Å². The van der Waals surface area contributed by atoms with Gasteiger partial charge in [0.2, 0.25) is 0 Å². The molecule has 1 aromatic heterocycles. The first kappa shape index (κ1) is 9.28. The molecule has 0 fully saturated rings. The zero-order chi connectivity index (χ0) is 9.97. The second-order valence-electron chi connectivity index (χ2n) is 3.21. The Hall–Kier alpha value is -1.28. The summed E-state index contributed by atoms with van der Waals surface area (Å²) in [4.78, 5) is 4.01. The smallest absolute Gasteiger partial charge is 0.0991 e. The van der Waals surface area contributed by atoms with Gasteiger partial charge in [-0.1, -0.05) is 6.07 Å². The van der Waals surface area contributed by atoms with Gasteiger partial charge < -0.3 is 4.57 Å². The van der Waals surface area contributed by atoms with Gasteiger partial charge in [0.05, 0.1) is 6.33 Å². The molecule has 0 saturated heterocycles. The summed E-state index contributed by atoms with van der Waals surface area (Å²) in [5.74, 6) is 0.566. The minimum absolute atomic E-state index is 0.566. The first-order valence-corrected chi connectivity index (χ1v) is 4.98. The summed E-state index contributed by atoms with van der Waals surface area (Å²) in [5, 5.41) is 0. The number of hydrogen-bond donors (Lipinski definition) is 0. The highest BCUT2D eigenvalue weighted by Crippen LogP contribution is 2.15. The zero-order valence-corrected chi connectivity index (χ0v) is 8.70. The van der Waals surface area contributed by atoms with E-state index in [-0.39, 0.29) is 0 Å². The summed E-state index contributed by atoms with van der Waals surface area (Å²) in [6, 6.07) is 6.21. The Kier molecular flexibility index (Phi) is 2.55. The monoisotopic (exact) mass is 206 g/mol. The largest absolute Gasteiger partial charge is 0.306 e. The van der Waals surface area contributed by atoms with Crippen molar-refractivity contribution in [2.45, 2.75) is 12.8 Å². The summed E-state index contributed by atoms with van der Waals surface area (Å²) >= 11 is 5.79. The van der Waals surface area contributed by atoms with Crippen molar-refractivity contribution in [2.75, 3.05) is 0 Å². The van der Waals surface area contributed by atoms with Gasteiger partial charge in [0.1, 0.15) is 0 Å². The minimum Gasteiger partial charge on any atom is -0.306 e. The van der Waals surface area contributed by atoms with Crippen molar-refractivity contribution in [2.24, 2.45) is 0 Å². The normalized spacial score (nSPS) is 10.4. The highest BCUT2D eigenvalue weighted by Gasteiger charge is 1.99. The second-order valence-corrected chi connectivity index (χ2v) is 3.48. The molecule has 0 amide bonds. The van der Waals surface area contributed by atoms with Gasteiger partial charge in [0, 0.05) is 24.0 Å².